The minimum Gasteiger partial charge on any atom is -0.469 e. The van der Waals surface area contributed by atoms with Crippen molar-refractivity contribution in [3.05, 3.63) is 0 Å². The molecular formula is C19H34N2O6. The quantitative estimate of drug-likeness (QED) is 0.347. The van der Waals surface area contributed by atoms with Crippen molar-refractivity contribution >= 4 is 17.9 Å². The highest BCUT2D eigenvalue weighted by Crippen LogP contribution is 2.35. The molecule has 0 aromatic carbocycles. The number of esters is 3. The van der Waals surface area contributed by atoms with E-state index in [4.69, 9.17) is 20.9 Å². The van der Waals surface area contributed by atoms with Gasteiger partial charge in [-0.05, 0) is 26.2 Å². The van der Waals surface area contributed by atoms with Gasteiger partial charge < -0.3 is 25.7 Å². The predicted octanol–water partition coefficient (Wildman–Crippen LogP) is 1.57. The van der Waals surface area contributed by atoms with Crippen LogP contribution in [0.15, 0.2) is 0 Å². The van der Waals surface area contributed by atoms with E-state index in [1.165, 1.54) is 20.0 Å². The average Bonchev–Trinajstić information content (AvgIpc) is 2.86. The van der Waals surface area contributed by atoms with Gasteiger partial charge in [0.2, 0.25) is 0 Å². The number of hydrogen-bond donors (Lipinski definition) is 2. The molecule has 1 aliphatic rings. The van der Waals surface area contributed by atoms with E-state index in [1.54, 1.807) is 6.92 Å². The molecule has 156 valence electrons. The first-order valence-corrected chi connectivity index (χ1v) is 9.76. The fraction of sp³-hybridized carbons (Fsp3) is 0.842. The molecule has 0 aromatic rings. The monoisotopic (exact) mass is 386 g/mol. The molecule has 0 amide bonds. The van der Waals surface area contributed by atoms with Crippen molar-refractivity contribution in [2.75, 3.05) is 7.11 Å². The van der Waals surface area contributed by atoms with Gasteiger partial charge in [-0.25, -0.2) is 9.59 Å². The largest absolute Gasteiger partial charge is 0.469 e. The molecular weight excluding hydrogens is 352 g/mol. The summed E-state index contributed by atoms with van der Waals surface area (Å²) >= 11 is 0. The van der Waals surface area contributed by atoms with E-state index in [1.807, 2.05) is 0 Å². The predicted molar refractivity (Wildman–Crippen MR) is 99.6 cm³/mol. The van der Waals surface area contributed by atoms with E-state index in [0.29, 0.717) is 0 Å². The topological polar surface area (TPSA) is 131 Å². The van der Waals surface area contributed by atoms with E-state index < -0.39 is 36.1 Å². The molecule has 0 unspecified atom stereocenters. The first-order valence-electron chi connectivity index (χ1n) is 9.76. The number of rotatable bonds is 9. The van der Waals surface area contributed by atoms with Crippen molar-refractivity contribution in [3.63, 3.8) is 0 Å². The van der Waals surface area contributed by atoms with Crippen molar-refractivity contribution in [1.82, 2.24) is 0 Å². The summed E-state index contributed by atoms with van der Waals surface area (Å²) in [5, 5.41) is 0. The number of nitrogens with two attached hydrogens (primary N) is 2. The molecule has 0 radical (unpaired) electrons. The van der Waals surface area contributed by atoms with Crippen LogP contribution in [-0.2, 0) is 28.6 Å². The third-order valence-electron chi connectivity index (χ3n) is 5.05. The highest BCUT2D eigenvalue weighted by molar-refractivity contribution is 5.92. The third kappa shape index (κ3) is 7.56. The molecule has 27 heavy (non-hydrogen) atoms. The zero-order valence-electron chi connectivity index (χ0n) is 16.7. The van der Waals surface area contributed by atoms with E-state index in [9.17, 15) is 14.4 Å². The second-order valence-electron chi connectivity index (χ2n) is 7.32. The van der Waals surface area contributed by atoms with Crippen LogP contribution in [0.3, 0.4) is 0 Å². The van der Waals surface area contributed by atoms with E-state index >= 15 is 0 Å². The van der Waals surface area contributed by atoms with Crippen molar-refractivity contribution in [2.45, 2.75) is 95.4 Å². The second kappa shape index (κ2) is 11.4. The van der Waals surface area contributed by atoms with Crippen LogP contribution in [0, 0.1) is 0 Å². The van der Waals surface area contributed by atoms with Crippen molar-refractivity contribution < 1.29 is 28.6 Å². The van der Waals surface area contributed by atoms with E-state index in [0.717, 1.165) is 38.5 Å². The van der Waals surface area contributed by atoms with Gasteiger partial charge in [-0.3, -0.25) is 4.79 Å². The number of hydrogen-bond acceptors (Lipinski definition) is 8. The van der Waals surface area contributed by atoms with Gasteiger partial charge in [-0.15, -0.1) is 0 Å². The Morgan fingerprint density at radius 3 is 2.15 bits per heavy atom. The molecule has 0 spiro atoms. The highest BCUT2D eigenvalue weighted by Gasteiger charge is 2.36. The molecule has 8 nitrogen and oxygen atoms in total. The fourth-order valence-corrected chi connectivity index (χ4v) is 3.50. The minimum absolute atomic E-state index is 0.284. The van der Waals surface area contributed by atoms with Crippen LogP contribution in [-0.4, -0.2) is 48.8 Å². The third-order valence-corrected chi connectivity index (χ3v) is 5.05. The van der Waals surface area contributed by atoms with Crippen molar-refractivity contribution in [2.24, 2.45) is 11.5 Å². The lowest BCUT2D eigenvalue weighted by atomic mass is 9.89. The van der Waals surface area contributed by atoms with Crippen LogP contribution in [0.1, 0.15) is 71.6 Å². The summed E-state index contributed by atoms with van der Waals surface area (Å²) in [6.45, 7) is 3.82. The summed E-state index contributed by atoms with van der Waals surface area (Å²) in [5.41, 5.74) is 11.2. The molecule has 8 heteroatoms. The van der Waals surface area contributed by atoms with Gasteiger partial charge >= 0.3 is 17.9 Å². The highest BCUT2D eigenvalue weighted by atomic mass is 16.6. The second-order valence-corrected chi connectivity index (χ2v) is 7.32. The number of carbonyl (C=O) groups excluding carboxylic acids is 3. The summed E-state index contributed by atoms with van der Waals surface area (Å²) in [5.74, 6) is -2.58. The van der Waals surface area contributed by atoms with Gasteiger partial charge in [0, 0.05) is 0 Å². The molecule has 0 aromatic heterocycles. The first kappa shape index (κ1) is 23.5. The molecule has 0 heterocycles. The van der Waals surface area contributed by atoms with Gasteiger partial charge in [0.05, 0.1) is 25.2 Å². The lowest BCUT2D eigenvalue weighted by Gasteiger charge is -2.37. The zero-order valence-corrected chi connectivity index (χ0v) is 16.7. The molecule has 1 saturated carbocycles. The molecule has 4 N–H and O–H groups in total. The standard InChI is InChI=1S/C19H34N2O6/c1-4-9-19(10-7-5-6-8-11-19)27-13(2)16(21)18(24)26-17(23)14(20)12-15(22)25-3/h13-14,16H,4-12,20-21H2,1-3H3/t13-,14+,16+/m1/s1. The lowest BCUT2D eigenvalue weighted by molar-refractivity contribution is -0.168. The molecule has 1 fully saturated rings. The first-order chi connectivity index (χ1) is 12.7. The molecule has 0 aliphatic heterocycles. The molecule has 3 atom stereocenters. The Labute approximate surface area is 161 Å². The number of ether oxygens (including phenoxy) is 3. The Morgan fingerprint density at radius 1 is 1.04 bits per heavy atom. The maximum Gasteiger partial charge on any atom is 0.333 e. The van der Waals surface area contributed by atoms with Gasteiger partial charge in [0.1, 0.15) is 12.1 Å². The van der Waals surface area contributed by atoms with Crippen LogP contribution < -0.4 is 11.5 Å². The number of carbonyl (C=O) groups is 3. The van der Waals surface area contributed by atoms with Gasteiger partial charge in [0.25, 0.3) is 0 Å². The summed E-state index contributed by atoms with van der Waals surface area (Å²) in [6, 6.07) is -2.39. The number of methoxy groups -OCH3 is 1. The van der Waals surface area contributed by atoms with Crippen LogP contribution in [0.4, 0.5) is 0 Å². The molecule has 0 saturated heterocycles. The SMILES string of the molecule is CCCC1(O[C@H](C)[C@H](N)C(=O)OC(=O)[C@@H](N)CC(=O)OC)CCCCCC1. The zero-order chi connectivity index (χ0) is 20.4. The van der Waals surface area contributed by atoms with Crippen molar-refractivity contribution in [3.8, 4) is 0 Å². The Kier molecular flexibility index (Phi) is 9.90. The maximum absolute atomic E-state index is 12.2. The Balaban J connectivity index is 2.64. The summed E-state index contributed by atoms with van der Waals surface area (Å²) in [4.78, 5) is 35.2. The van der Waals surface area contributed by atoms with Crippen LogP contribution in [0.25, 0.3) is 0 Å². The maximum atomic E-state index is 12.2. The molecule has 0 bridgehead atoms. The van der Waals surface area contributed by atoms with Crippen LogP contribution in [0.5, 0.6) is 0 Å². The Bertz CT molecular complexity index is 502. The smallest absolute Gasteiger partial charge is 0.333 e. The van der Waals surface area contributed by atoms with Gasteiger partial charge in [-0.2, -0.15) is 0 Å². The summed E-state index contributed by atoms with van der Waals surface area (Å²) < 4.78 is 15.4. The Hall–Kier alpha value is -1.51. The van der Waals surface area contributed by atoms with E-state index in [-0.39, 0.29) is 12.0 Å². The average molecular weight is 386 g/mol. The van der Waals surface area contributed by atoms with Crippen LogP contribution >= 0.6 is 0 Å². The Morgan fingerprint density at radius 2 is 1.63 bits per heavy atom. The lowest BCUT2D eigenvalue weighted by Crippen LogP contribution is -2.49. The fourth-order valence-electron chi connectivity index (χ4n) is 3.50. The van der Waals surface area contributed by atoms with Gasteiger partial charge in [-0.1, -0.05) is 39.0 Å². The van der Waals surface area contributed by atoms with Gasteiger partial charge in [0.15, 0.2) is 0 Å². The summed E-state index contributed by atoms with van der Waals surface area (Å²) in [6.07, 6.45) is 7.34. The minimum atomic E-state index is -1.28. The molecule has 1 rings (SSSR count). The normalized spacial score (nSPS) is 20.0. The van der Waals surface area contributed by atoms with E-state index in [2.05, 4.69) is 11.7 Å². The van der Waals surface area contributed by atoms with Crippen molar-refractivity contribution in [1.29, 1.82) is 0 Å². The summed E-state index contributed by atoms with van der Waals surface area (Å²) in [7, 11) is 1.18. The molecule has 1 aliphatic carbocycles. The van der Waals surface area contributed by atoms with Crippen LogP contribution in [0.2, 0.25) is 0 Å².